The standard InChI is InChI=1S/C15H13N5O3/c16-8-10-3-5-17-14(7-10)23-11-4-6-20(9-11)15(22)12-1-2-13(21)19-18-12/h1-3,5,7,11H,4,6,9H2,(H,19,21). The number of aromatic amines is 1. The fourth-order valence-electron chi connectivity index (χ4n) is 2.35. The van der Waals surface area contributed by atoms with Crippen molar-refractivity contribution in [1.29, 1.82) is 5.26 Å². The van der Waals surface area contributed by atoms with Crippen LogP contribution in [0.1, 0.15) is 22.5 Å². The van der Waals surface area contributed by atoms with Crippen LogP contribution < -0.4 is 10.3 Å². The van der Waals surface area contributed by atoms with Crippen molar-refractivity contribution in [2.45, 2.75) is 12.5 Å². The predicted molar refractivity (Wildman–Crippen MR) is 78.7 cm³/mol. The molecule has 1 N–H and O–H groups in total. The minimum absolute atomic E-state index is 0.190. The number of nitrogens with zero attached hydrogens (tertiary/aromatic N) is 4. The summed E-state index contributed by atoms with van der Waals surface area (Å²) in [5, 5.41) is 14.8. The molecule has 3 rings (SSSR count). The van der Waals surface area contributed by atoms with Crippen LogP contribution in [0.15, 0.2) is 35.3 Å². The molecule has 0 aromatic carbocycles. The summed E-state index contributed by atoms with van der Waals surface area (Å²) in [6, 6.07) is 7.84. The molecule has 1 saturated heterocycles. The highest BCUT2D eigenvalue weighted by molar-refractivity contribution is 5.92. The van der Waals surface area contributed by atoms with E-state index >= 15 is 0 Å². The summed E-state index contributed by atoms with van der Waals surface area (Å²) in [6.45, 7) is 0.931. The molecule has 0 saturated carbocycles. The van der Waals surface area contributed by atoms with Crippen LogP contribution in [-0.4, -0.2) is 45.2 Å². The maximum absolute atomic E-state index is 12.3. The molecule has 0 radical (unpaired) electrons. The molecule has 23 heavy (non-hydrogen) atoms. The lowest BCUT2D eigenvalue weighted by Gasteiger charge is -2.16. The highest BCUT2D eigenvalue weighted by atomic mass is 16.5. The summed E-state index contributed by atoms with van der Waals surface area (Å²) in [5.74, 6) is 0.108. The number of aromatic nitrogens is 3. The van der Waals surface area contributed by atoms with Gasteiger partial charge in [0, 0.05) is 31.3 Å². The third-order valence-corrected chi connectivity index (χ3v) is 3.48. The van der Waals surface area contributed by atoms with Crippen LogP contribution in [-0.2, 0) is 0 Å². The van der Waals surface area contributed by atoms with E-state index in [1.165, 1.54) is 18.3 Å². The first kappa shape index (κ1) is 14.7. The van der Waals surface area contributed by atoms with E-state index in [2.05, 4.69) is 15.2 Å². The first-order valence-electron chi connectivity index (χ1n) is 7.03. The van der Waals surface area contributed by atoms with E-state index in [1.54, 1.807) is 17.0 Å². The van der Waals surface area contributed by atoms with Gasteiger partial charge in [0.05, 0.1) is 18.2 Å². The van der Waals surface area contributed by atoms with Crippen molar-refractivity contribution in [2.24, 2.45) is 0 Å². The van der Waals surface area contributed by atoms with Crippen molar-refractivity contribution in [1.82, 2.24) is 20.1 Å². The zero-order valence-electron chi connectivity index (χ0n) is 12.1. The Bertz CT molecular complexity index is 806. The summed E-state index contributed by atoms with van der Waals surface area (Å²) in [5.41, 5.74) is 0.306. The molecular formula is C15H13N5O3. The molecule has 2 aromatic rings. The molecule has 1 aliphatic rings. The molecule has 0 aliphatic carbocycles. The van der Waals surface area contributed by atoms with Crippen LogP contribution in [0, 0.1) is 11.3 Å². The molecule has 1 fully saturated rings. The number of nitriles is 1. The smallest absolute Gasteiger partial charge is 0.274 e. The second-order valence-electron chi connectivity index (χ2n) is 5.08. The predicted octanol–water partition coefficient (Wildman–Crippen LogP) is 0.330. The SMILES string of the molecule is N#Cc1ccnc(OC2CCN(C(=O)c3ccc(=O)[nH]n3)C2)c1. The van der Waals surface area contributed by atoms with Gasteiger partial charge in [0.25, 0.3) is 11.5 Å². The maximum atomic E-state index is 12.3. The minimum Gasteiger partial charge on any atom is -0.472 e. The topological polar surface area (TPSA) is 112 Å². The Kier molecular flexibility index (Phi) is 4.01. The quantitative estimate of drug-likeness (QED) is 0.874. The van der Waals surface area contributed by atoms with E-state index < -0.39 is 0 Å². The van der Waals surface area contributed by atoms with Crippen LogP contribution in [0.5, 0.6) is 5.88 Å². The molecule has 8 nitrogen and oxygen atoms in total. The Morgan fingerprint density at radius 3 is 3.04 bits per heavy atom. The molecular weight excluding hydrogens is 298 g/mol. The fourth-order valence-corrected chi connectivity index (χ4v) is 2.35. The lowest BCUT2D eigenvalue weighted by molar-refractivity contribution is 0.0764. The lowest BCUT2D eigenvalue weighted by atomic mass is 10.3. The molecule has 2 aromatic heterocycles. The van der Waals surface area contributed by atoms with Crippen LogP contribution in [0.3, 0.4) is 0 Å². The van der Waals surface area contributed by atoms with Gasteiger partial charge in [0.15, 0.2) is 0 Å². The van der Waals surface area contributed by atoms with Gasteiger partial charge in [0.1, 0.15) is 11.8 Å². The fraction of sp³-hybridized carbons (Fsp3) is 0.267. The van der Waals surface area contributed by atoms with Crippen LogP contribution in [0.2, 0.25) is 0 Å². The van der Waals surface area contributed by atoms with Gasteiger partial charge in [-0.2, -0.15) is 10.4 Å². The molecule has 1 aliphatic heterocycles. The van der Waals surface area contributed by atoms with Crippen molar-refractivity contribution in [3.8, 4) is 11.9 Å². The van der Waals surface area contributed by atoms with E-state index in [9.17, 15) is 9.59 Å². The van der Waals surface area contributed by atoms with Gasteiger partial charge in [-0.05, 0) is 12.1 Å². The first-order valence-corrected chi connectivity index (χ1v) is 7.03. The first-order chi connectivity index (χ1) is 11.2. The second kappa shape index (κ2) is 6.27. The Morgan fingerprint density at radius 2 is 2.30 bits per heavy atom. The number of H-pyrrole nitrogens is 1. The van der Waals surface area contributed by atoms with Gasteiger partial charge in [0.2, 0.25) is 5.88 Å². The Labute approximate surface area is 131 Å². The maximum Gasteiger partial charge on any atom is 0.274 e. The minimum atomic E-state index is -0.354. The van der Waals surface area contributed by atoms with E-state index in [-0.39, 0.29) is 23.3 Å². The number of carbonyl (C=O) groups excluding carboxylic acids is 1. The summed E-state index contributed by atoms with van der Waals surface area (Å²) in [7, 11) is 0. The third kappa shape index (κ3) is 3.35. The largest absolute Gasteiger partial charge is 0.472 e. The number of carbonyl (C=O) groups is 1. The van der Waals surface area contributed by atoms with Crippen molar-refractivity contribution in [3.63, 3.8) is 0 Å². The van der Waals surface area contributed by atoms with Gasteiger partial charge in [-0.1, -0.05) is 0 Å². The van der Waals surface area contributed by atoms with Gasteiger partial charge in [-0.3, -0.25) is 9.59 Å². The Hall–Kier alpha value is -3.21. The van der Waals surface area contributed by atoms with Crippen LogP contribution >= 0.6 is 0 Å². The average molecular weight is 311 g/mol. The number of rotatable bonds is 3. The van der Waals surface area contributed by atoms with Gasteiger partial charge in [-0.15, -0.1) is 0 Å². The third-order valence-electron chi connectivity index (χ3n) is 3.48. The zero-order chi connectivity index (χ0) is 16.2. The van der Waals surface area contributed by atoms with Gasteiger partial charge in [-0.25, -0.2) is 10.1 Å². The molecule has 3 heterocycles. The summed E-state index contributed by atoms with van der Waals surface area (Å²) >= 11 is 0. The molecule has 1 atom stereocenters. The summed E-state index contributed by atoms with van der Waals surface area (Å²) in [4.78, 5) is 28.9. The van der Waals surface area contributed by atoms with E-state index in [0.29, 0.717) is 31.0 Å². The molecule has 0 bridgehead atoms. The summed E-state index contributed by atoms with van der Waals surface area (Å²) in [6.07, 6.45) is 1.98. The number of ether oxygens (including phenoxy) is 1. The number of pyridine rings is 1. The van der Waals surface area contributed by atoms with Crippen molar-refractivity contribution in [3.05, 3.63) is 52.1 Å². The number of hydrogen-bond acceptors (Lipinski definition) is 6. The highest BCUT2D eigenvalue weighted by Crippen LogP contribution is 2.18. The number of hydrogen-bond donors (Lipinski definition) is 1. The van der Waals surface area contributed by atoms with E-state index in [4.69, 9.17) is 10.00 Å². The normalized spacial score (nSPS) is 16.8. The molecule has 8 heteroatoms. The van der Waals surface area contributed by atoms with E-state index in [1.807, 2.05) is 6.07 Å². The number of amides is 1. The Morgan fingerprint density at radius 1 is 1.43 bits per heavy atom. The van der Waals surface area contributed by atoms with Gasteiger partial charge < -0.3 is 9.64 Å². The highest BCUT2D eigenvalue weighted by Gasteiger charge is 2.29. The van der Waals surface area contributed by atoms with Crippen molar-refractivity contribution >= 4 is 5.91 Å². The zero-order valence-corrected chi connectivity index (χ0v) is 12.1. The van der Waals surface area contributed by atoms with E-state index in [0.717, 1.165) is 0 Å². The van der Waals surface area contributed by atoms with Crippen LogP contribution in [0.25, 0.3) is 0 Å². The molecule has 116 valence electrons. The Balaban J connectivity index is 1.64. The number of nitrogens with one attached hydrogen (secondary N) is 1. The van der Waals surface area contributed by atoms with Crippen molar-refractivity contribution < 1.29 is 9.53 Å². The van der Waals surface area contributed by atoms with Crippen LogP contribution in [0.4, 0.5) is 0 Å². The van der Waals surface area contributed by atoms with Crippen molar-refractivity contribution in [2.75, 3.05) is 13.1 Å². The molecule has 0 spiro atoms. The van der Waals surface area contributed by atoms with Gasteiger partial charge >= 0.3 is 0 Å². The molecule has 1 amide bonds. The average Bonchev–Trinajstić information content (AvgIpc) is 3.03. The number of likely N-dealkylation sites (tertiary alicyclic amines) is 1. The summed E-state index contributed by atoms with van der Waals surface area (Å²) < 4.78 is 5.72. The lowest BCUT2D eigenvalue weighted by Crippen LogP contribution is -2.32. The monoisotopic (exact) mass is 311 g/mol. The second-order valence-corrected chi connectivity index (χ2v) is 5.08. The molecule has 1 unspecified atom stereocenters.